The number of hydrogen-bond donors (Lipinski definition) is 0. The molecule has 0 saturated carbocycles. The molecule has 2 unspecified atom stereocenters. The fourth-order valence-electron chi connectivity index (χ4n) is 1.70. The van der Waals surface area contributed by atoms with Crippen molar-refractivity contribution >= 4 is 11.4 Å². The van der Waals surface area contributed by atoms with Gasteiger partial charge in [0.25, 0.3) is 0 Å². The lowest BCUT2D eigenvalue weighted by Gasteiger charge is -2.07. The first-order chi connectivity index (χ1) is 10.5. The highest BCUT2D eigenvalue weighted by Gasteiger charge is 2.14. The van der Waals surface area contributed by atoms with Crippen LogP contribution in [0.5, 0.6) is 0 Å². The van der Waals surface area contributed by atoms with Gasteiger partial charge in [-0.05, 0) is 38.5 Å². The molecular formula is C18H20O4. The molecule has 1 aromatic rings. The van der Waals surface area contributed by atoms with Gasteiger partial charge in [-0.25, -0.2) is 0 Å². The molecule has 0 aromatic carbocycles. The zero-order chi connectivity index (χ0) is 16.5. The van der Waals surface area contributed by atoms with Gasteiger partial charge in [-0.3, -0.25) is 4.79 Å². The first-order valence-electron chi connectivity index (χ1n) is 6.90. The van der Waals surface area contributed by atoms with Crippen molar-refractivity contribution in [3.63, 3.8) is 0 Å². The Bertz CT molecular complexity index is 610. The SMILES string of the molecule is C#CCOC(C)C(=O)/C=C(\C)c1coc(C(C)OCC#C)c1. The first kappa shape index (κ1) is 17.8. The summed E-state index contributed by atoms with van der Waals surface area (Å²) in [5.41, 5.74) is 1.59. The van der Waals surface area contributed by atoms with Crippen molar-refractivity contribution in [2.24, 2.45) is 0 Å². The summed E-state index contributed by atoms with van der Waals surface area (Å²) in [5, 5.41) is 0. The normalized spacial score (nSPS) is 14.0. The average molecular weight is 300 g/mol. The van der Waals surface area contributed by atoms with Crippen LogP contribution in [0.25, 0.3) is 5.57 Å². The van der Waals surface area contributed by atoms with Crippen molar-refractivity contribution in [1.29, 1.82) is 0 Å². The van der Waals surface area contributed by atoms with Crippen LogP contribution in [0, 0.1) is 24.7 Å². The summed E-state index contributed by atoms with van der Waals surface area (Å²) in [4.78, 5) is 12.0. The van der Waals surface area contributed by atoms with Crippen LogP contribution < -0.4 is 0 Å². The van der Waals surface area contributed by atoms with E-state index in [9.17, 15) is 4.79 Å². The number of allylic oxidation sites excluding steroid dienone is 1. The van der Waals surface area contributed by atoms with Gasteiger partial charge < -0.3 is 13.9 Å². The Morgan fingerprint density at radius 3 is 2.59 bits per heavy atom. The van der Waals surface area contributed by atoms with Gasteiger partial charge in [0.05, 0.1) is 6.26 Å². The highest BCUT2D eigenvalue weighted by molar-refractivity contribution is 5.99. The van der Waals surface area contributed by atoms with Crippen LogP contribution in [0.15, 0.2) is 22.8 Å². The number of terminal acetylenes is 2. The van der Waals surface area contributed by atoms with E-state index in [0.717, 1.165) is 11.1 Å². The van der Waals surface area contributed by atoms with E-state index in [4.69, 9.17) is 26.7 Å². The van der Waals surface area contributed by atoms with E-state index >= 15 is 0 Å². The monoisotopic (exact) mass is 300 g/mol. The molecule has 0 radical (unpaired) electrons. The lowest BCUT2D eigenvalue weighted by atomic mass is 10.1. The standard InChI is InChI=1S/C18H20O4/c1-6-8-20-14(4)17(19)10-13(3)16-11-18(22-12-16)15(5)21-9-7-2/h1-2,10-12,14-15H,8-9H2,3-5H3/b13-10+. The van der Waals surface area contributed by atoms with Crippen molar-refractivity contribution in [2.45, 2.75) is 33.0 Å². The van der Waals surface area contributed by atoms with Crippen LogP contribution in [-0.4, -0.2) is 25.1 Å². The van der Waals surface area contributed by atoms with Crippen molar-refractivity contribution in [2.75, 3.05) is 13.2 Å². The molecule has 116 valence electrons. The molecule has 1 rings (SSSR count). The zero-order valence-corrected chi connectivity index (χ0v) is 13.1. The fraction of sp³-hybridized carbons (Fsp3) is 0.389. The minimum absolute atomic E-state index is 0.111. The van der Waals surface area contributed by atoms with Gasteiger partial charge in [0, 0.05) is 5.56 Å². The third-order valence-corrected chi connectivity index (χ3v) is 3.07. The Morgan fingerprint density at radius 2 is 1.95 bits per heavy atom. The number of hydrogen-bond acceptors (Lipinski definition) is 4. The minimum atomic E-state index is -0.574. The molecule has 0 amide bonds. The highest BCUT2D eigenvalue weighted by atomic mass is 16.5. The Kier molecular flexibility index (Phi) is 7.19. The summed E-state index contributed by atoms with van der Waals surface area (Å²) in [6.07, 6.45) is 12.5. The fourth-order valence-corrected chi connectivity index (χ4v) is 1.70. The van der Waals surface area contributed by atoms with Crippen molar-refractivity contribution < 1.29 is 18.7 Å². The molecular weight excluding hydrogens is 280 g/mol. The Labute approximate surface area is 131 Å². The van der Waals surface area contributed by atoms with Crippen LogP contribution in [0.2, 0.25) is 0 Å². The molecule has 0 N–H and O–H groups in total. The van der Waals surface area contributed by atoms with Crippen LogP contribution in [0.1, 0.15) is 38.2 Å². The second kappa shape index (κ2) is 8.89. The van der Waals surface area contributed by atoms with E-state index in [0.29, 0.717) is 5.76 Å². The summed E-state index contributed by atoms with van der Waals surface area (Å²) in [7, 11) is 0. The maximum atomic E-state index is 12.0. The molecule has 0 aliphatic carbocycles. The molecule has 22 heavy (non-hydrogen) atoms. The Hall–Kier alpha value is -2.27. The summed E-state index contributed by atoms with van der Waals surface area (Å²) in [5.74, 6) is 5.25. The molecule has 4 heteroatoms. The molecule has 0 aliphatic heterocycles. The van der Waals surface area contributed by atoms with E-state index in [-0.39, 0.29) is 25.1 Å². The largest absolute Gasteiger partial charge is 0.466 e. The second-order valence-corrected chi connectivity index (χ2v) is 4.78. The number of carbonyl (C=O) groups excluding carboxylic acids is 1. The number of furan rings is 1. The second-order valence-electron chi connectivity index (χ2n) is 4.78. The predicted octanol–water partition coefficient (Wildman–Crippen LogP) is 3.00. The van der Waals surface area contributed by atoms with Crippen LogP contribution in [0.4, 0.5) is 0 Å². The molecule has 0 bridgehead atoms. The maximum absolute atomic E-state index is 12.0. The zero-order valence-electron chi connectivity index (χ0n) is 13.1. The molecule has 0 fully saturated rings. The Balaban J connectivity index is 2.73. The summed E-state index contributed by atoms with van der Waals surface area (Å²) in [6.45, 7) is 5.67. The number of carbonyl (C=O) groups is 1. The van der Waals surface area contributed by atoms with Gasteiger partial charge in [-0.1, -0.05) is 11.8 Å². The third-order valence-electron chi connectivity index (χ3n) is 3.07. The molecule has 0 aliphatic rings. The van der Waals surface area contributed by atoms with E-state index in [1.165, 1.54) is 6.08 Å². The molecule has 0 spiro atoms. The lowest BCUT2D eigenvalue weighted by Crippen LogP contribution is -2.19. The van der Waals surface area contributed by atoms with Crippen LogP contribution in [0.3, 0.4) is 0 Å². The molecule has 1 heterocycles. The van der Waals surface area contributed by atoms with Gasteiger partial charge in [0.2, 0.25) is 0 Å². The quantitative estimate of drug-likeness (QED) is 0.547. The number of rotatable bonds is 8. The van der Waals surface area contributed by atoms with Gasteiger partial charge in [0.15, 0.2) is 5.78 Å². The van der Waals surface area contributed by atoms with Crippen molar-refractivity contribution in [3.8, 4) is 24.7 Å². The van der Waals surface area contributed by atoms with Crippen molar-refractivity contribution in [1.82, 2.24) is 0 Å². The molecule has 0 saturated heterocycles. The smallest absolute Gasteiger partial charge is 0.184 e. The van der Waals surface area contributed by atoms with Crippen LogP contribution >= 0.6 is 0 Å². The molecule has 4 nitrogen and oxygen atoms in total. The predicted molar refractivity (Wildman–Crippen MR) is 84.8 cm³/mol. The highest BCUT2D eigenvalue weighted by Crippen LogP contribution is 2.24. The summed E-state index contributed by atoms with van der Waals surface area (Å²) < 4.78 is 16.0. The minimum Gasteiger partial charge on any atom is -0.466 e. The summed E-state index contributed by atoms with van der Waals surface area (Å²) in [6, 6.07) is 1.83. The van der Waals surface area contributed by atoms with Crippen molar-refractivity contribution in [3.05, 3.63) is 29.7 Å². The average Bonchev–Trinajstić information content (AvgIpc) is 3.00. The van der Waals surface area contributed by atoms with E-state index < -0.39 is 6.10 Å². The van der Waals surface area contributed by atoms with Gasteiger partial charge in [0.1, 0.15) is 31.2 Å². The van der Waals surface area contributed by atoms with Gasteiger partial charge in [-0.15, -0.1) is 12.8 Å². The maximum Gasteiger partial charge on any atom is 0.184 e. The van der Waals surface area contributed by atoms with Gasteiger partial charge >= 0.3 is 0 Å². The van der Waals surface area contributed by atoms with Gasteiger partial charge in [-0.2, -0.15) is 0 Å². The lowest BCUT2D eigenvalue weighted by molar-refractivity contribution is -0.123. The number of ketones is 1. The third kappa shape index (κ3) is 5.26. The number of ether oxygens (including phenoxy) is 2. The summed E-state index contributed by atoms with van der Waals surface area (Å²) >= 11 is 0. The molecule has 2 atom stereocenters. The first-order valence-corrected chi connectivity index (χ1v) is 6.90. The Morgan fingerprint density at radius 1 is 1.32 bits per heavy atom. The molecule has 1 aromatic heterocycles. The van der Waals surface area contributed by atoms with E-state index in [1.54, 1.807) is 13.2 Å². The topological polar surface area (TPSA) is 48.7 Å². The van der Waals surface area contributed by atoms with E-state index in [2.05, 4.69) is 11.8 Å². The van der Waals surface area contributed by atoms with E-state index in [1.807, 2.05) is 19.9 Å². The van der Waals surface area contributed by atoms with Crippen LogP contribution in [-0.2, 0) is 14.3 Å².